The Morgan fingerprint density at radius 1 is 1.44 bits per heavy atom. The molecule has 0 aliphatic carbocycles. The van der Waals surface area contributed by atoms with E-state index in [2.05, 4.69) is 5.32 Å². The number of rotatable bonds is 6. The van der Waals surface area contributed by atoms with Gasteiger partial charge in [-0.25, -0.2) is 0 Å². The van der Waals surface area contributed by atoms with Gasteiger partial charge in [0.15, 0.2) is 0 Å². The summed E-state index contributed by atoms with van der Waals surface area (Å²) in [5.74, 6) is -0.198. The van der Waals surface area contributed by atoms with Crippen LogP contribution in [0.2, 0.25) is 0 Å². The van der Waals surface area contributed by atoms with Crippen LogP contribution >= 0.6 is 0 Å². The van der Waals surface area contributed by atoms with Crippen LogP contribution in [0.5, 0.6) is 0 Å². The first-order valence-electron chi connectivity index (χ1n) is 5.18. The molecule has 1 unspecified atom stereocenters. The number of amides is 1. The van der Waals surface area contributed by atoms with E-state index in [1.54, 1.807) is 24.3 Å². The van der Waals surface area contributed by atoms with Crippen molar-refractivity contribution in [3.8, 4) is 0 Å². The van der Waals surface area contributed by atoms with E-state index in [1.807, 2.05) is 6.07 Å². The molecule has 1 aromatic rings. The van der Waals surface area contributed by atoms with E-state index >= 15 is 0 Å². The molecule has 0 aromatic heterocycles. The van der Waals surface area contributed by atoms with Crippen LogP contribution in [0.4, 0.5) is 4.39 Å². The Morgan fingerprint density at radius 2 is 2.12 bits per heavy atom. The van der Waals surface area contributed by atoms with Crippen molar-refractivity contribution in [2.75, 3.05) is 20.4 Å². The molecule has 1 N–H and O–H groups in total. The van der Waals surface area contributed by atoms with Gasteiger partial charge in [0.05, 0.1) is 19.3 Å². The van der Waals surface area contributed by atoms with Crippen LogP contribution in [0.1, 0.15) is 16.8 Å². The molecule has 1 atom stereocenters. The van der Waals surface area contributed by atoms with E-state index in [4.69, 9.17) is 4.74 Å². The SMILES string of the molecule is COCC(CCF)NC(=O)c1ccccc1. The highest BCUT2D eigenvalue weighted by Gasteiger charge is 2.12. The highest BCUT2D eigenvalue weighted by atomic mass is 19.1. The molecule has 0 saturated heterocycles. The average molecular weight is 225 g/mol. The van der Waals surface area contributed by atoms with Gasteiger partial charge in [-0.15, -0.1) is 0 Å². The van der Waals surface area contributed by atoms with Crippen molar-refractivity contribution >= 4 is 5.91 Å². The largest absolute Gasteiger partial charge is 0.383 e. The Labute approximate surface area is 94.6 Å². The normalized spacial score (nSPS) is 12.1. The van der Waals surface area contributed by atoms with Gasteiger partial charge in [0.25, 0.3) is 5.91 Å². The molecule has 1 aromatic carbocycles. The summed E-state index contributed by atoms with van der Waals surface area (Å²) in [6.45, 7) is -0.147. The number of carbonyl (C=O) groups excluding carboxylic acids is 1. The van der Waals surface area contributed by atoms with Crippen molar-refractivity contribution in [1.29, 1.82) is 0 Å². The lowest BCUT2D eigenvalue weighted by molar-refractivity contribution is 0.0888. The predicted octanol–water partition coefficient (Wildman–Crippen LogP) is 1.79. The Balaban J connectivity index is 2.54. The predicted molar refractivity (Wildman–Crippen MR) is 60.2 cm³/mol. The van der Waals surface area contributed by atoms with Gasteiger partial charge in [-0.2, -0.15) is 0 Å². The molecule has 0 saturated carbocycles. The van der Waals surface area contributed by atoms with E-state index < -0.39 is 6.67 Å². The zero-order valence-corrected chi connectivity index (χ0v) is 9.28. The van der Waals surface area contributed by atoms with Crippen LogP contribution in [0.3, 0.4) is 0 Å². The van der Waals surface area contributed by atoms with Crippen LogP contribution in [0.15, 0.2) is 30.3 Å². The maximum Gasteiger partial charge on any atom is 0.251 e. The summed E-state index contributed by atoms with van der Waals surface area (Å²) in [4.78, 5) is 11.7. The summed E-state index contributed by atoms with van der Waals surface area (Å²) in [5.41, 5.74) is 0.572. The summed E-state index contributed by atoms with van der Waals surface area (Å²) in [7, 11) is 1.53. The number of benzene rings is 1. The monoisotopic (exact) mass is 225 g/mol. The number of methoxy groups -OCH3 is 1. The Morgan fingerprint density at radius 3 is 2.69 bits per heavy atom. The summed E-state index contributed by atoms with van der Waals surface area (Å²) in [6, 6.07) is 8.57. The first-order chi connectivity index (χ1) is 7.77. The van der Waals surface area contributed by atoms with Crippen LogP contribution in [0.25, 0.3) is 0 Å². The quantitative estimate of drug-likeness (QED) is 0.801. The van der Waals surface area contributed by atoms with Gasteiger partial charge in [-0.1, -0.05) is 18.2 Å². The third-order valence-electron chi connectivity index (χ3n) is 2.20. The molecule has 4 heteroatoms. The van der Waals surface area contributed by atoms with Crippen molar-refractivity contribution in [2.45, 2.75) is 12.5 Å². The zero-order chi connectivity index (χ0) is 11.8. The fraction of sp³-hybridized carbons (Fsp3) is 0.417. The van der Waals surface area contributed by atoms with Gasteiger partial charge in [-0.3, -0.25) is 9.18 Å². The second-order valence-electron chi connectivity index (χ2n) is 3.47. The highest BCUT2D eigenvalue weighted by Crippen LogP contribution is 2.01. The molecular weight excluding hydrogens is 209 g/mol. The number of nitrogens with one attached hydrogen (secondary N) is 1. The van der Waals surface area contributed by atoms with Crippen molar-refractivity contribution in [3.05, 3.63) is 35.9 Å². The molecule has 0 radical (unpaired) electrons. The van der Waals surface area contributed by atoms with Gasteiger partial charge in [0, 0.05) is 12.7 Å². The standard InChI is InChI=1S/C12H16FNO2/c1-16-9-11(7-8-13)14-12(15)10-5-3-2-4-6-10/h2-6,11H,7-9H2,1H3,(H,14,15). The minimum atomic E-state index is -0.469. The van der Waals surface area contributed by atoms with Crippen LogP contribution in [-0.4, -0.2) is 32.3 Å². The molecule has 1 rings (SSSR count). The Kier molecular flexibility index (Phi) is 5.50. The fourth-order valence-corrected chi connectivity index (χ4v) is 1.39. The molecule has 0 heterocycles. The fourth-order valence-electron chi connectivity index (χ4n) is 1.39. The van der Waals surface area contributed by atoms with Crippen LogP contribution in [0, 0.1) is 0 Å². The zero-order valence-electron chi connectivity index (χ0n) is 9.28. The number of alkyl halides is 1. The van der Waals surface area contributed by atoms with Crippen LogP contribution < -0.4 is 5.32 Å². The van der Waals surface area contributed by atoms with E-state index in [0.717, 1.165) is 0 Å². The van der Waals surface area contributed by atoms with Gasteiger partial charge in [0.2, 0.25) is 0 Å². The van der Waals surface area contributed by atoms with E-state index in [9.17, 15) is 9.18 Å². The molecule has 0 aliphatic rings. The van der Waals surface area contributed by atoms with E-state index in [0.29, 0.717) is 12.2 Å². The Hall–Kier alpha value is -1.42. The molecule has 0 aliphatic heterocycles. The lowest BCUT2D eigenvalue weighted by Crippen LogP contribution is -2.38. The third-order valence-corrected chi connectivity index (χ3v) is 2.20. The maximum atomic E-state index is 12.2. The Bertz CT molecular complexity index is 310. The second kappa shape index (κ2) is 6.95. The first kappa shape index (κ1) is 12.6. The van der Waals surface area contributed by atoms with Crippen molar-refractivity contribution in [2.24, 2.45) is 0 Å². The van der Waals surface area contributed by atoms with Crippen LogP contribution in [-0.2, 0) is 4.74 Å². The minimum Gasteiger partial charge on any atom is -0.383 e. The first-order valence-corrected chi connectivity index (χ1v) is 5.18. The summed E-state index contributed by atoms with van der Waals surface area (Å²) < 4.78 is 17.1. The molecule has 1 amide bonds. The number of hydrogen-bond acceptors (Lipinski definition) is 2. The summed E-state index contributed by atoms with van der Waals surface area (Å²) >= 11 is 0. The average Bonchev–Trinajstić information content (AvgIpc) is 2.31. The van der Waals surface area contributed by atoms with Gasteiger partial charge < -0.3 is 10.1 Å². The van der Waals surface area contributed by atoms with Gasteiger partial charge >= 0.3 is 0 Å². The minimum absolute atomic E-state index is 0.198. The van der Waals surface area contributed by atoms with Crippen molar-refractivity contribution < 1.29 is 13.9 Å². The van der Waals surface area contributed by atoms with Gasteiger partial charge in [0.1, 0.15) is 0 Å². The molecule has 3 nitrogen and oxygen atoms in total. The number of carbonyl (C=O) groups is 1. The molecule has 16 heavy (non-hydrogen) atoms. The maximum absolute atomic E-state index is 12.2. The lowest BCUT2D eigenvalue weighted by Gasteiger charge is -2.16. The van der Waals surface area contributed by atoms with E-state index in [1.165, 1.54) is 7.11 Å². The number of halogens is 1. The topological polar surface area (TPSA) is 38.3 Å². The van der Waals surface area contributed by atoms with Gasteiger partial charge in [-0.05, 0) is 18.6 Å². The summed E-state index contributed by atoms with van der Waals surface area (Å²) in [5, 5.41) is 2.73. The van der Waals surface area contributed by atoms with Crippen molar-refractivity contribution in [3.63, 3.8) is 0 Å². The lowest BCUT2D eigenvalue weighted by atomic mass is 10.2. The van der Waals surface area contributed by atoms with E-state index in [-0.39, 0.29) is 18.4 Å². The molecule has 0 bridgehead atoms. The number of ether oxygens (including phenoxy) is 1. The summed E-state index contributed by atoms with van der Waals surface area (Å²) in [6.07, 6.45) is 0.270. The number of hydrogen-bond donors (Lipinski definition) is 1. The highest BCUT2D eigenvalue weighted by molar-refractivity contribution is 5.94. The molecular formula is C12H16FNO2. The second-order valence-corrected chi connectivity index (χ2v) is 3.47. The molecule has 0 fully saturated rings. The smallest absolute Gasteiger partial charge is 0.251 e. The third kappa shape index (κ3) is 3.98. The van der Waals surface area contributed by atoms with Crippen molar-refractivity contribution in [1.82, 2.24) is 5.32 Å². The molecule has 0 spiro atoms. The molecule has 88 valence electrons.